The molecule has 0 bridgehead atoms. The Morgan fingerprint density at radius 2 is 2.00 bits per heavy atom. The number of nitrogens with zero attached hydrogens (tertiary/aromatic N) is 3. The largest absolute Gasteiger partial charge is 0.496 e. The number of methoxy groups -OCH3 is 1. The van der Waals surface area contributed by atoms with E-state index >= 15 is 0 Å². The monoisotopic (exact) mass is 254 g/mol. The van der Waals surface area contributed by atoms with E-state index in [4.69, 9.17) is 10.5 Å². The van der Waals surface area contributed by atoms with E-state index in [1.54, 1.807) is 13.2 Å². The van der Waals surface area contributed by atoms with Crippen LogP contribution in [-0.4, -0.2) is 21.7 Å². The molecular formula is C14H14N4O. The van der Waals surface area contributed by atoms with Gasteiger partial charge in [0.1, 0.15) is 5.75 Å². The highest BCUT2D eigenvalue weighted by molar-refractivity contribution is 5.69. The van der Waals surface area contributed by atoms with E-state index in [2.05, 4.69) is 10.2 Å². The predicted octanol–water partition coefficient (Wildman–Crippen LogP) is 2.30. The third kappa shape index (κ3) is 1.79. The lowest BCUT2D eigenvalue weighted by atomic mass is 10.1. The number of para-hydroxylation sites is 1. The van der Waals surface area contributed by atoms with Crippen molar-refractivity contribution < 1.29 is 4.74 Å². The van der Waals surface area contributed by atoms with Crippen LogP contribution in [0.5, 0.6) is 5.75 Å². The molecule has 5 nitrogen and oxygen atoms in total. The second-order valence-electron chi connectivity index (χ2n) is 4.37. The summed E-state index contributed by atoms with van der Waals surface area (Å²) >= 11 is 0. The zero-order valence-corrected chi connectivity index (χ0v) is 10.8. The van der Waals surface area contributed by atoms with Crippen LogP contribution in [0.15, 0.2) is 36.5 Å². The van der Waals surface area contributed by atoms with Gasteiger partial charge < -0.3 is 10.5 Å². The maximum absolute atomic E-state index is 5.82. The molecule has 1 aromatic carbocycles. The Bertz CT molecular complexity index is 748. The molecule has 0 saturated heterocycles. The van der Waals surface area contributed by atoms with Gasteiger partial charge in [0.25, 0.3) is 0 Å². The van der Waals surface area contributed by atoms with Crippen LogP contribution in [0.25, 0.3) is 17.0 Å². The predicted molar refractivity (Wildman–Crippen MR) is 74.1 cm³/mol. The molecule has 2 aromatic heterocycles. The quantitative estimate of drug-likeness (QED) is 0.762. The first-order valence-corrected chi connectivity index (χ1v) is 5.95. The molecule has 0 aliphatic heterocycles. The average Bonchev–Trinajstić information content (AvgIpc) is 2.81. The van der Waals surface area contributed by atoms with Crippen molar-refractivity contribution in [2.24, 2.45) is 0 Å². The van der Waals surface area contributed by atoms with Gasteiger partial charge in [0.15, 0.2) is 11.5 Å². The van der Waals surface area contributed by atoms with Gasteiger partial charge in [-0.05, 0) is 30.7 Å². The Kier molecular flexibility index (Phi) is 2.59. The molecule has 2 heterocycles. The summed E-state index contributed by atoms with van der Waals surface area (Å²) in [6.45, 7) is 2.00. The summed E-state index contributed by atoms with van der Waals surface area (Å²) in [6, 6.07) is 9.58. The zero-order chi connectivity index (χ0) is 13.4. The molecule has 0 aliphatic rings. The highest BCUT2D eigenvalue weighted by Gasteiger charge is 2.14. The summed E-state index contributed by atoms with van der Waals surface area (Å²) in [5.41, 5.74) is 9.21. The van der Waals surface area contributed by atoms with Crippen LogP contribution >= 0.6 is 0 Å². The Morgan fingerprint density at radius 3 is 2.79 bits per heavy atom. The number of hydrogen-bond acceptors (Lipinski definition) is 4. The molecule has 3 aromatic rings. The summed E-state index contributed by atoms with van der Waals surface area (Å²) in [7, 11) is 1.66. The van der Waals surface area contributed by atoms with Crippen molar-refractivity contribution in [1.82, 2.24) is 14.6 Å². The minimum atomic E-state index is 0.667. The number of nitrogen functional groups attached to an aromatic ring is 1. The number of rotatable bonds is 2. The van der Waals surface area contributed by atoms with Gasteiger partial charge in [-0.3, -0.25) is 4.40 Å². The normalized spacial score (nSPS) is 10.8. The second kappa shape index (κ2) is 4.28. The molecule has 19 heavy (non-hydrogen) atoms. The minimum absolute atomic E-state index is 0.667. The van der Waals surface area contributed by atoms with E-state index in [1.807, 2.05) is 41.8 Å². The Hall–Kier alpha value is -2.56. The summed E-state index contributed by atoms with van der Waals surface area (Å²) in [4.78, 5) is 0. The molecule has 0 fully saturated rings. The molecular weight excluding hydrogens is 240 g/mol. The van der Waals surface area contributed by atoms with Gasteiger partial charge in [-0.25, -0.2) is 0 Å². The molecule has 0 atom stereocenters. The van der Waals surface area contributed by atoms with Gasteiger partial charge in [-0.2, -0.15) is 0 Å². The Balaban J connectivity index is 2.30. The summed E-state index contributed by atoms with van der Waals surface area (Å²) in [6.07, 6.45) is 1.81. The Morgan fingerprint density at radius 1 is 1.16 bits per heavy atom. The first-order valence-electron chi connectivity index (χ1n) is 5.95. The number of benzene rings is 1. The molecule has 0 amide bonds. The lowest BCUT2D eigenvalue weighted by Gasteiger charge is -2.09. The molecule has 5 heteroatoms. The first kappa shape index (κ1) is 11.5. The van der Waals surface area contributed by atoms with Gasteiger partial charge in [0, 0.05) is 11.9 Å². The number of aromatic nitrogens is 3. The summed E-state index contributed by atoms with van der Waals surface area (Å²) in [5, 5.41) is 8.38. The van der Waals surface area contributed by atoms with E-state index in [1.165, 1.54) is 0 Å². The van der Waals surface area contributed by atoms with Gasteiger partial charge in [0.05, 0.1) is 12.7 Å². The van der Waals surface area contributed by atoms with Gasteiger partial charge in [-0.1, -0.05) is 12.1 Å². The van der Waals surface area contributed by atoms with Crippen molar-refractivity contribution in [2.75, 3.05) is 12.8 Å². The van der Waals surface area contributed by atoms with Crippen LogP contribution in [0, 0.1) is 6.92 Å². The van der Waals surface area contributed by atoms with Gasteiger partial charge >= 0.3 is 0 Å². The third-order valence-corrected chi connectivity index (χ3v) is 3.08. The van der Waals surface area contributed by atoms with Crippen molar-refractivity contribution in [3.8, 4) is 17.1 Å². The van der Waals surface area contributed by atoms with Crippen molar-refractivity contribution in [3.63, 3.8) is 0 Å². The van der Waals surface area contributed by atoms with Crippen molar-refractivity contribution in [3.05, 3.63) is 42.1 Å². The van der Waals surface area contributed by atoms with Crippen molar-refractivity contribution in [1.29, 1.82) is 0 Å². The fourth-order valence-electron chi connectivity index (χ4n) is 2.19. The number of anilines is 1. The standard InChI is InChI=1S/C14H14N4O/c1-9-4-3-5-11(13(9)19-2)14-17-16-12-7-6-10(15)8-18(12)14/h3-8H,15H2,1-2H3. The minimum Gasteiger partial charge on any atom is -0.496 e. The number of aryl methyl sites for hydroxylation is 1. The maximum atomic E-state index is 5.82. The van der Waals surface area contributed by atoms with E-state index in [0.29, 0.717) is 5.69 Å². The molecule has 0 spiro atoms. The molecule has 0 unspecified atom stereocenters. The molecule has 2 N–H and O–H groups in total. The number of fused-ring (bicyclic) bond motifs is 1. The lowest BCUT2D eigenvalue weighted by molar-refractivity contribution is 0.413. The van der Waals surface area contributed by atoms with E-state index in [0.717, 1.165) is 28.3 Å². The van der Waals surface area contributed by atoms with Crippen LogP contribution in [-0.2, 0) is 0 Å². The molecule has 0 saturated carbocycles. The number of nitrogens with two attached hydrogens (primary N) is 1. The summed E-state index contributed by atoms with van der Waals surface area (Å²) < 4.78 is 7.33. The average molecular weight is 254 g/mol. The topological polar surface area (TPSA) is 65.4 Å². The van der Waals surface area contributed by atoms with Crippen LogP contribution in [0.1, 0.15) is 5.56 Å². The lowest BCUT2D eigenvalue weighted by Crippen LogP contribution is -1.96. The van der Waals surface area contributed by atoms with E-state index < -0.39 is 0 Å². The SMILES string of the molecule is COc1c(C)cccc1-c1nnc2ccc(N)cn12. The highest BCUT2D eigenvalue weighted by Crippen LogP contribution is 2.31. The fraction of sp³-hybridized carbons (Fsp3) is 0.143. The molecule has 3 rings (SSSR count). The van der Waals surface area contributed by atoms with Crippen molar-refractivity contribution in [2.45, 2.75) is 6.92 Å². The van der Waals surface area contributed by atoms with Crippen LogP contribution < -0.4 is 10.5 Å². The highest BCUT2D eigenvalue weighted by atomic mass is 16.5. The number of ether oxygens (including phenoxy) is 1. The van der Waals surface area contributed by atoms with Crippen LogP contribution in [0.4, 0.5) is 5.69 Å². The Labute approximate surface area is 110 Å². The summed E-state index contributed by atoms with van der Waals surface area (Å²) in [5.74, 6) is 1.53. The number of hydrogen-bond donors (Lipinski definition) is 1. The third-order valence-electron chi connectivity index (χ3n) is 3.08. The van der Waals surface area contributed by atoms with Crippen LogP contribution in [0.3, 0.4) is 0 Å². The fourth-order valence-corrected chi connectivity index (χ4v) is 2.19. The van der Waals surface area contributed by atoms with E-state index in [9.17, 15) is 0 Å². The van der Waals surface area contributed by atoms with Crippen molar-refractivity contribution >= 4 is 11.3 Å². The second-order valence-corrected chi connectivity index (χ2v) is 4.37. The smallest absolute Gasteiger partial charge is 0.172 e. The van der Waals surface area contributed by atoms with Gasteiger partial charge in [0.2, 0.25) is 0 Å². The number of pyridine rings is 1. The van der Waals surface area contributed by atoms with Gasteiger partial charge in [-0.15, -0.1) is 10.2 Å². The molecule has 96 valence electrons. The first-order chi connectivity index (χ1) is 9.20. The van der Waals surface area contributed by atoms with Crippen LogP contribution in [0.2, 0.25) is 0 Å². The zero-order valence-electron chi connectivity index (χ0n) is 10.8. The molecule has 0 radical (unpaired) electrons. The maximum Gasteiger partial charge on any atom is 0.172 e. The molecule has 0 aliphatic carbocycles. The van der Waals surface area contributed by atoms with E-state index in [-0.39, 0.29) is 0 Å².